The summed E-state index contributed by atoms with van der Waals surface area (Å²) in [5.74, 6) is 0.123. The van der Waals surface area contributed by atoms with Gasteiger partial charge >= 0.3 is 0 Å². The van der Waals surface area contributed by atoms with Gasteiger partial charge in [-0.1, -0.05) is 32.9 Å². The third-order valence-electron chi connectivity index (χ3n) is 4.43. The van der Waals surface area contributed by atoms with Crippen LogP contribution in [-0.4, -0.2) is 31.9 Å². The Hall–Kier alpha value is -2.18. The number of fused-ring (bicyclic) bond motifs is 1. The van der Waals surface area contributed by atoms with Crippen LogP contribution < -0.4 is 5.32 Å². The summed E-state index contributed by atoms with van der Waals surface area (Å²) in [4.78, 5) is 8.08. The molecule has 2 heterocycles. The minimum atomic E-state index is -0.188. The van der Waals surface area contributed by atoms with Gasteiger partial charge in [-0.3, -0.25) is 0 Å². The highest BCUT2D eigenvalue weighted by atomic mass is 16.6. The Bertz CT molecular complexity index is 739. The van der Waals surface area contributed by atoms with Gasteiger partial charge in [-0.05, 0) is 46.8 Å². The number of nitrogens with one attached hydrogen (secondary N) is 1. The van der Waals surface area contributed by atoms with E-state index in [-0.39, 0.29) is 28.0 Å². The molecule has 23 heavy (non-hydrogen) atoms. The Morgan fingerprint density at radius 3 is 2.57 bits per heavy atom. The van der Waals surface area contributed by atoms with Gasteiger partial charge in [0.15, 0.2) is 5.82 Å². The molecule has 0 radical (unpaired) electrons. The topological polar surface area (TPSA) is 97.0 Å². The second-order valence-corrected chi connectivity index (χ2v) is 7.74. The number of rotatable bonds is 4. The summed E-state index contributed by atoms with van der Waals surface area (Å²) >= 11 is 0. The van der Waals surface area contributed by atoms with Crippen molar-refractivity contribution >= 4 is 17.1 Å². The van der Waals surface area contributed by atoms with Crippen LogP contribution in [0.25, 0.3) is 11.3 Å². The highest BCUT2D eigenvalue weighted by Gasteiger charge is 2.37. The first-order valence-corrected chi connectivity index (χ1v) is 7.86. The predicted octanol–water partition coefficient (Wildman–Crippen LogP) is 3.29. The molecule has 1 fully saturated rings. The molecule has 0 spiro atoms. The van der Waals surface area contributed by atoms with Gasteiger partial charge in [0, 0.05) is 6.54 Å². The summed E-state index contributed by atoms with van der Waals surface area (Å²) in [7, 11) is 0. The van der Waals surface area contributed by atoms with Crippen LogP contribution in [0.1, 0.15) is 46.5 Å². The molecular formula is C16H23N5O2. The van der Waals surface area contributed by atoms with Gasteiger partial charge in [0.25, 0.3) is 5.88 Å². The number of allylic oxidation sites excluding steroid dienone is 1. The molecule has 124 valence electrons. The number of hydrogen-bond acceptors (Lipinski definition) is 7. The van der Waals surface area contributed by atoms with Crippen molar-refractivity contribution in [2.75, 3.05) is 11.9 Å². The van der Waals surface area contributed by atoms with E-state index in [1.165, 1.54) is 5.57 Å². The number of nitrogens with zero attached hydrogens (tertiary/aromatic N) is 4. The van der Waals surface area contributed by atoms with Crippen LogP contribution in [-0.2, 0) is 0 Å². The Kier molecular flexibility index (Phi) is 3.74. The standard InChI is InChI=1S/C16H23N5O2/c1-10-7-15(2,3)9-16(4,8-10)5-6-17-13-14(22)19-12-11(18-13)20-23-21-12/h1,5-9H2,2-4H3,(H,17,18,20)(H,19,21,22). The second-order valence-electron chi connectivity index (χ2n) is 7.74. The molecule has 2 aromatic rings. The number of anilines is 1. The summed E-state index contributed by atoms with van der Waals surface area (Å²) in [5.41, 5.74) is 2.29. The van der Waals surface area contributed by atoms with Gasteiger partial charge in [0.05, 0.1) is 0 Å². The van der Waals surface area contributed by atoms with Crippen LogP contribution in [0.2, 0.25) is 0 Å². The van der Waals surface area contributed by atoms with Gasteiger partial charge in [0.1, 0.15) is 0 Å². The maximum absolute atomic E-state index is 9.89. The first-order chi connectivity index (χ1) is 10.8. The SMILES string of the molecule is C=C1CC(C)(C)CC(C)(CCNc2nc3nonc3nc2O)C1. The zero-order chi connectivity index (χ0) is 16.7. The fourth-order valence-corrected chi connectivity index (χ4v) is 4.03. The number of aromatic nitrogens is 4. The van der Waals surface area contributed by atoms with Crippen molar-refractivity contribution in [3.8, 4) is 5.88 Å². The first-order valence-electron chi connectivity index (χ1n) is 7.86. The lowest BCUT2D eigenvalue weighted by Gasteiger charge is -2.44. The van der Waals surface area contributed by atoms with E-state index in [4.69, 9.17) is 0 Å². The van der Waals surface area contributed by atoms with Gasteiger partial charge in [-0.15, -0.1) is 0 Å². The lowest BCUT2D eigenvalue weighted by molar-refractivity contribution is 0.130. The summed E-state index contributed by atoms with van der Waals surface area (Å²) in [5, 5.41) is 20.2. The zero-order valence-electron chi connectivity index (χ0n) is 13.9. The third kappa shape index (κ3) is 3.43. The van der Waals surface area contributed by atoms with Crippen LogP contribution in [0.3, 0.4) is 0 Å². The van der Waals surface area contributed by atoms with E-state index in [9.17, 15) is 5.11 Å². The Morgan fingerprint density at radius 2 is 1.87 bits per heavy atom. The largest absolute Gasteiger partial charge is 0.491 e. The highest BCUT2D eigenvalue weighted by Crippen LogP contribution is 2.49. The molecule has 1 aliphatic carbocycles. The molecule has 1 unspecified atom stereocenters. The monoisotopic (exact) mass is 317 g/mol. The Labute approximate surface area is 135 Å². The van der Waals surface area contributed by atoms with Crippen molar-refractivity contribution < 1.29 is 9.74 Å². The molecule has 7 heteroatoms. The molecular weight excluding hydrogens is 294 g/mol. The molecule has 7 nitrogen and oxygen atoms in total. The maximum atomic E-state index is 9.89. The van der Waals surface area contributed by atoms with Crippen molar-refractivity contribution in [1.82, 2.24) is 20.3 Å². The van der Waals surface area contributed by atoms with Crippen LogP contribution in [0, 0.1) is 10.8 Å². The summed E-state index contributed by atoms with van der Waals surface area (Å²) in [6.07, 6.45) is 4.26. The third-order valence-corrected chi connectivity index (χ3v) is 4.43. The maximum Gasteiger partial charge on any atom is 0.257 e. The van der Waals surface area contributed by atoms with E-state index in [0.717, 1.165) is 25.7 Å². The molecule has 3 rings (SSSR count). The van der Waals surface area contributed by atoms with E-state index < -0.39 is 0 Å². The van der Waals surface area contributed by atoms with Crippen molar-refractivity contribution in [2.24, 2.45) is 10.8 Å². The van der Waals surface area contributed by atoms with Gasteiger partial charge in [-0.25, -0.2) is 4.63 Å². The Balaban J connectivity index is 1.66. The van der Waals surface area contributed by atoms with Gasteiger partial charge in [0.2, 0.25) is 11.3 Å². The Morgan fingerprint density at radius 1 is 1.17 bits per heavy atom. The average Bonchev–Trinajstić information content (AvgIpc) is 2.82. The van der Waals surface area contributed by atoms with Crippen LogP contribution in [0.5, 0.6) is 5.88 Å². The molecule has 2 N–H and O–H groups in total. The lowest BCUT2D eigenvalue weighted by Crippen LogP contribution is -2.33. The molecule has 1 atom stereocenters. The summed E-state index contributed by atoms with van der Waals surface area (Å²) in [6, 6.07) is 0. The molecule has 1 aliphatic rings. The predicted molar refractivity (Wildman–Crippen MR) is 87.0 cm³/mol. The van der Waals surface area contributed by atoms with E-state index >= 15 is 0 Å². The van der Waals surface area contributed by atoms with E-state index in [0.29, 0.717) is 12.4 Å². The van der Waals surface area contributed by atoms with E-state index in [1.54, 1.807) is 0 Å². The molecule has 2 aromatic heterocycles. The zero-order valence-corrected chi connectivity index (χ0v) is 13.9. The van der Waals surface area contributed by atoms with Gasteiger partial charge in [-0.2, -0.15) is 9.97 Å². The minimum absolute atomic E-state index is 0.188. The fraction of sp³-hybridized carbons (Fsp3) is 0.625. The second kappa shape index (κ2) is 5.47. The van der Waals surface area contributed by atoms with E-state index in [1.807, 2.05) is 0 Å². The van der Waals surface area contributed by atoms with Gasteiger partial charge < -0.3 is 10.4 Å². The smallest absolute Gasteiger partial charge is 0.257 e. The van der Waals surface area contributed by atoms with Crippen molar-refractivity contribution in [3.63, 3.8) is 0 Å². The number of hydrogen-bond donors (Lipinski definition) is 2. The highest BCUT2D eigenvalue weighted by molar-refractivity contribution is 5.67. The number of aromatic hydroxyl groups is 1. The molecule has 0 aromatic carbocycles. The van der Waals surface area contributed by atoms with Crippen LogP contribution >= 0.6 is 0 Å². The fourth-order valence-electron chi connectivity index (χ4n) is 4.03. The molecule has 1 saturated carbocycles. The summed E-state index contributed by atoms with van der Waals surface area (Å²) < 4.78 is 4.55. The average molecular weight is 317 g/mol. The molecule has 0 aliphatic heterocycles. The van der Waals surface area contributed by atoms with Crippen molar-refractivity contribution in [3.05, 3.63) is 12.2 Å². The minimum Gasteiger partial charge on any atom is -0.491 e. The van der Waals surface area contributed by atoms with Crippen molar-refractivity contribution in [1.29, 1.82) is 0 Å². The lowest BCUT2D eigenvalue weighted by atomic mass is 9.62. The molecule has 0 amide bonds. The van der Waals surface area contributed by atoms with Crippen LogP contribution in [0.4, 0.5) is 5.82 Å². The molecule has 0 saturated heterocycles. The van der Waals surface area contributed by atoms with E-state index in [2.05, 4.69) is 57.6 Å². The van der Waals surface area contributed by atoms with Crippen LogP contribution in [0.15, 0.2) is 16.8 Å². The van der Waals surface area contributed by atoms with Crippen molar-refractivity contribution in [2.45, 2.75) is 46.5 Å². The molecule has 0 bridgehead atoms. The summed E-state index contributed by atoms with van der Waals surface area (Å²) in [6.45, 7) is 11.8. The quantitative estimate of drug-likeness (QED) is 0.835. The normalized spacial score (nSPS) is 24.0. The first kappa shape index (κ1) is 15.7.